The molecule has 6 aromatic rings. The van der Waals surface area contributed by atoms with Gasteiger partial charge in [0.1, 0.15) is 6.33 Å². The van der Waals surface area contributed by atoms with Gasteiger partial charge in [-0.3, -0.25) is 9.78 Å². The first kappa shape index (κ1) is 22.2. The van der Waals surface area contributed by atoms with Gasteiger partial charge in [0.05, 0.1) is 35.1 Å². The molecule has 37 heavy (non-hydrogen) atoms. The summed E-state index contributed by atoms with van der Waals surface area (Å²) in [5.74, 6) is -0.250. The zero-order valence-electron chi connectivity index (χ0n) is 19.9. The normalized spacial score (nSPS) is 11.1. The van der Waals surface area contributed by atoms with Gasteiger partial charge >= 0.3 is 0 Å². The maximum Gasteiger partial charge on any atom is 0.256 e. The number of benzene rings is 2. The minimum absolute atomic E-state index is 0.250. The average Bonchev–Trinajstić information content (AvgIpc) is 3.60. The van der Waals surface area contributed by atoms with Crippen LogP contribution in [0.4, 0.5) is 5.69 Å². The van der Waals surface area contributed by atoms with Crippen molar-refractivity contribution in [2.45, 2.75) is 13.5 Å². The Kier molecular flexibility index (Phi) is 5.66. The summed E-state index contributed by atoms with van der Waals surface area (Å²) >= 11 is 0. The van der Waals surface area contributed by atoms with E-state index in [4.69, 9.17) is 4.98 Å². The molecule has 0 aliphatic carbocycles. The molecule has 0 unspecified atom stereocenters. The summed E-state index contributed by atoms with van der Waals surface area (Å²) < 4.78 is 3.37. The number of hydrogen-bond donors (Lipinski definition) is 1. The van der Waals surface area contributed by atoms with E-state index in [2.05, 4.69) is 30.9 Å². The van der Waals surface area contributed by atoms with E-state index >= 15 is 0 Å². The van der Waals surface area contributed by atoms with Crippen molar-refractivity contribution in [2.75, 3.05) is 5.32 Å². The second-order valence-corrected chi connectivity index (χ2v) is 8.53. The SMILES string of the molecule is Cc1cc(NC(=O)c2cc(-c3ccccc3)nc3c2cnn3Cc2cccnc2)ccc1-n1cnnn1. The minimum Gasteiger partial charge on any atom is -0.322 e. The number of aromatic nitrogens is 8. The standard InChI is InChI=1S/C27H21N9O/c1-18-12-21(9-10-25(18)36-17-29-33-34-36)31-27(37)22-13-24(20-7-3-2-4-8-20)32-26-23(22)15-30-35(26)16-19-6-5-11-28-14-19/h2-15,17H,16H2,1H3,(H,31,37). The third-order valence-corrected chi connectivity index (χ3v) is 6.03. The van der Waals surface area contributed by atoms with Crippen LogP contribution in [0.5, 0.6) is 0 Å². The Bertz CT molecular complexity index is 1700. The zero-order chi connectivity index (χ0) is 25.2. The molecule has 0 radical (unpaired) electrons. The Morgan fingerprint density at radius 2 is 1.89 bits per heavy atom. The maximum atomic E-state index is 13.6. The second kappa shape index (κ2) is 9.42. The van der Waals surface area contributed by atoms with Crippen molar-refractivity contribution in [3.05, 3.63) is 108 Å². The molecule has 0 saturated heterocycles. The molecule has 4 heterocycles. The van der Waals surface area contributed by atoms with Crippen molar-refractivity contribution in [3.8, 4) is 16.9 Å². The number of nitrogens with one attached hydrogen (secondary N) is 1. The van der Waals surface area contributed by atoms with E-state index in [0.29, 0.717) is 34.5 Å². The minimum atomic E-state index is -0.250. The summed E-state index contributed by atoms with van der Waals surface area (Å²) in [7, 11) is 0. The van der Waals surface area contributed by atoms with Gasteiger partial charge in [-0.25, -0.2) is 14.3 Å². The molecule has 0 bridgehead atoms. The number of anilines is 1. The van der Waals surface area contributed by atoms with E-state index in [-0.39, 0.29) is 5.91 Å². The summed E-state index contributed by atoms with van der Waals surface area (Å²) in [5, 5.41) is 19.6. The Morgan fingerprint density at radius 3 is 2.65 bits per heavy atom. The molecule has 0 saturated carbocycles. The number of hydrogen-bond acceptors (Lipinski definition) is 7. The van der Waals surface area contributed by atoms with Crippen molar-refractivity contribution in [1.29, 1.82) is 0 Å². The van der Waals surface area contributed by atoms with Gasteiger partial charge in [0.25, 0.3) is 5.91 Å². The summed E-state index contributed by atoms with van der Waals surface area (Å²) in [6.07, 6.45) is 6.75. The van der Waals surface area contributed by atoms with Gasteiger partial charge in [-0.2, -0.15) is 5.10 Å². The second-order valence-electron chi connectivity index (χ2n) is 8.53. The van der Waals surface area contributed by atoms with Gasteiger partial charge in [-0.05, 0) is 58.8 Å². The lowest BCUT2D eigenvalue weighted by molar-refractivity contribution is 0.102. The fourth-order valence-electron chi connectivity index (χ4n) is 4.23. The Balaban J connectivity index is 1.39. The summed E-state index contributed by atoms with van der Waals surface area (Å²) in [6.45, 7) is 2.43. The molecule has 0 spiro atoms. The lowest BCUT2D eigenvalue weighted by Crippen LogP contribution is -2.14. The fraction of sp³-hybridized carbons (Fsp3) is 0.0741. The molecule has 180 valence electrons. The van der Waals surface area contributed by atoms with E-state index in [1.165, 1.54) is 6.33 Å². The number of fused-ring (bicyclic) bond motifs is 1. The number of tetrazole rings is 1. The van der Waals surface area contributed by atoms with Crippen LogP contribution in [0.3, 0.4) is 0 Å². The summed E-state index contributed by atoms with van der Waals surface area (Å²) in [4.78, 5) is 22.7. The molecular formula is C27H21N9O. The highest BCUT2D eigenvalue weighted by Crippen LogP contribution is 2.27. The monoisotopic (exact) mass is 487 g/mol. The van der Waals surface area contributed by atoms with Crippen LogP contribution in [0.1, 0.15) is 21.5 Å². The lowest BCUT2D eigenvalue weighted by Gasteiger charge is -2.11. The Hall–Kier alpha value is -5.25. The molecular weight excluding hydrogens is 466 g/mol. The molecule has 0 aliphatic heterocycles. The molecule has 6 rings (SSSR count). The third-order valence-electron chi connectivity index (χ3n) is 6.03. The molecule has 4 aromatic heterocycles. The predicted molar refractivity (Wildman–Crippen MR) is 138 cm³/mol. The van der Waals surface area contributed by atoms with Gasteiger partial charge in [0.15, 0.2) is 5.65 Å². The highest BCUT2D eigenvalue weighted by Gasteiger charge is 2.18. The van der Waals surface area contributed by atoms with Crippen LogP contribution in [-0.2, 0) is 6.54 Å². The first-order chi connectivity index (χ1) is 18.2. The van der Waals surface area contributed by atoms with Crippen LogP contribution in [0, 0.1) is 6.92 Å². The molecule has 2 aromatic carbocycles. The van der Waals surface area contributed by atoms with E-state index in [0.717, 1.165) is 22.4 Å². The van der Waals surface area contributed by atoms with Crippen molar-refractivity contribution in [1.82, 2.24) is 40.0 Å². The van der Waals surface area contributed by atoms with E-state index in [1.807, 2.05) is 73.7 Å². The van der Waals surface area contributed by atoms with Gasteiger partial charge in [-0.1, -0.05) is 36.4 Å². The molecule has 1 N–H and O–H groups in total. The smallest absolute Gasteiger partial charge is 0.256 e. The van der Waals surface area contributed by atoms with Crippen molar-refractivity contribution in [3.63, 3.8) is 0 Å². The first-order valence-electron chi connectivity index (χ1n) is 11.6. The van der Waals surface area contributed by atoms with Gasteiger partial charge in [0.2, 0.25) is 0 Å². The first-order valence-corrected chi connectivity index (χ1v) is 11.6. The van der Waals surface area contributed by atoms with E-state index in [1.54, 1.807) is 28.0 Å². The topological polar surface area (TPSA) is 116 Å². The van der Waals surface area contributed by atoms with Crippen LogP contribution in [-0.4, -0.2) is 45.9 Å². The van der Waals surface area contributed by atoms with Crippen LogP contribution < -0.4 is 5.32 Å². The number of pyridine rings is 2. The van der Waals surface area contributed by atoms with Crippen molar-refractivity contribution < 1.29 is 4.79 Å². The predicted octanol–water partition coefficient (Wildman–Crippen LogP) is 4.08. The highest BCUT2D eigenvalue weighted by molar-refractivity contribution is 6.12. The Labute approximate surface area is 211 Å². The number of nitrogens with zero attached hydrogens (tertiary/aromatic N) is 8. The summed E-state index contributed by atoms with van der Waals surface area (Å²) in [5.41, 5.74) is 6.11. The van der Waals surface area contributed by atoms with Crippen LogP contribution in [0.25, 0.3) is 28.0 Å². The maximum absolute atomic E-state index is 13.6. The van der Waals surface area contributed by atoms with Crippen molar-refractivity contribution >= 4 is 22.6 Å². The molecule has 10 nitrogen and oxygen atoms in total. The van der Waals surface area contributed by atoms with Gasteiger partial charge in [0, 0.05) is 23.6 Å². The van der Waals surface area contributed by atoms with E-state index < -0.39 is 0 Å². The van der Waals surface area contributed by atoms with Crippen molar-refractivity contribution in [2.24, 2.45) is 0 Å². The third kappa shape index (κ3) is 4.43. The van der Waals surface area contributed by atoms with Crippen LogP contribution in [0.15, 0.2) is 91.6 Å². The van der Waals surface area contributed by atoms with Gasteiger partial charge in [-0.15, -0.1) is 5.10 Å². The molecule has 0 fully saturated rings. The van der Waals surface area contributed by atoms with Crippen LogP contribution in [0.2, 0.25) is 0 Å². The average molecular weight is 488 g/mol. The fourth-order valence-corrected chi connectivity index (χ4v) is 4.23. The molecule has 0 atom stereocenters. The number of carbonyl (C=O) groups excluding carboxylic acids is 1. The highest BCUT2D eigenvalue weighted by atomic mass is 16.1. The number of rotatable bonds is 6. The van der Waals surface area contributed by atoms with E-state index in [9.17, 15) is 4.79 Å². The largest absolute Gasteiger partial charge is 0.322 e. The summed E-state index contributed by atoms with van der Waals surface area (Å²) in [6, 6.07) is 21.0. The Morgan fingerprint density at radius 1 is 1.00 bits per heavy atom. The molecule has 0 aliphatic rings. The van der Waals surface area contributed by atoms with Gasteiger partial charge < -0.3 is 5.32 Å². The lowest BCUT2D eigenvalue weighted by atomic mass is 10.1. The molecule has 10 heteroatoms. The molecule has 1 amide bonds. The number of amides is 1. The quantitative estimate of drug-likeness (QED) is 0.376. The van der Waals surface area contributed by atoms with Crippen LogP contribution >= 0.6 is 0 Å². The zero-order valence-corrected chi connectivity index (χ0v) is 19.9. The number of aryl methyl sites for hydroxylation is 1. The number of carbonyl (C=O) groups is 1.